The molecule has 3 N–H and O–H groups in total. The lowest BCUT2D eigenvalue weighted by Crippen LogP contribution is -2.34. The maximum absolute atomic E-state index is 15.1. The van der Waals surface area contributed by atoms with Crippen LogP contribution < -0.4 is 21.3 Å². The maximum atomic E-state index is 15.1. The Morgan fingerprint density at radius 1 is 1.21 bits per heavy atom. The molecule has 2 heterocycles. The summed E-state index contributed by atoms with van der Waals surface area (Å²) in [5, 5.41) is 2.08. The topological polar surface area (TPSA) is 103 Å². The number of ether oxygens (including phenoxy) is 1. The Morgan fingerprint density at radius 2 is 1.92 bits per heavy atom. The van der Waals surface area contributed by atoms with Crippen LogP contribution in [-0.2, 0) is 11.2 Å². The van der Waals surface area contributed by atoms with Crippen molar-refractivity contribution in [1.82, 2.24) is 4.57 Å². The number of fused-ring (bicyclic) bond motifs is 3. The second-order valence-corrected chi connectivity index (χ2v) is 9.33. The minimum atomic E-state index is -4.66. The van der Waals surface area contributed by atoms with Crippen LogP contribution in [0.15, 0.2) is 47.4 Å². The summed E-state index contributed by atoms with van der Waals surface area (Å²) in [4.78, 5) is 37.4. The molecule has 0 bridgehead atoms. The molecule has 206 valence electrons. The van der Waals surface area contributed by atoms with E-state index in [1.807, 2.05) is 0 Å². The third-order valence-electron chi connectivity index (χ3n) is 6.39. The van der Waals surface area contributed by atoms with Gasteiger partial charge >= 0.3 is 6.18 Å². The van der Waals surface area contributed by atoms with Gasteiger partial charge in [0.2, 0.25) is 5.91 Å². The van der Waals surface area contributed by atoms with Crippen molar-refractivity contribution in [1.29, 1.82) is 0 Å². The van der Waals surface area contributed by atoms with Gasteiger partial charge in [0, 0.05) is 22.9 Å². The second-order valence-electron chi connectivity index (χ2n) is 8.92. The van der Waals surface area contributed by atoms with Gasteiger partial charge in [0.15, 0.2) is 0 Å². The first-order valence-electron chi connectivity index (χ1n) is 11.6. The highest BCUT2D eigenvalue weighted by molar-refractivity contribution is 6.31. The van der Waals surface area contributed by atoms with Crippen LogP contribution in [0.3, 0.4) is 0 Å². The van der Waals surface area contributed by atoms with Gasteiger partial charge in [-0.15, -0.1) is 0 Å². The molecule has 39 heavy (non-hydrogen) atoms. The first kappa shape index (κ1) is 28.1. The number of carbonyl (C=O) groups is 2. The second kappa shape index (κ2) is 10.7. The summed E-state index contributed by atoms with van der Waals surface area (Å²) >= 11 is 5.91. The van der Waals surface area contributed by atoms with Crippen LogP contribution in [0.25, 0.3) is 11.1 Å². The average molecular weight is 570 g/mol. The minimum absolute atomic E-state index is 0.00727. The summed E-state index contributed by atoms with van der Waals surface area (Å²) in [6, 6.07) is 5.36. The van der Waals surface area contributed by atoms with E-state index >= 15 is 4.39 Å². The fourth-order valence-electron chi connectivity index (χ4n) is 4.39. The van der Waals surface area contributed by atoms with Crippen molar-refractivity contribution in [2.45, 2.75) is 32.0 Å². The summed E-state index contributed by atoms with van der Waals surface area (Å²) in [6.07, 6.45) is -4.18. The zero-order valence-corrected chi connectivity index (χ0v) is 21.0. The Balaban J connectivity index is 1.76. The van der Waals surface area contributed by atoms with Crippen LogP contribution in [0.2, 0.25) is 5.02 Å². The van der Waals surface area contributed by atoms with E-state index in [1.54, 1.807) is 6.92 Å². The summed E-state index contributed by atoms with van der Waals surface area (Å²) < 4.78 is 76.7. The van der Waals surface area contributed by atoms with Crippen molar-refractivity contribution < 1.29 is 36.3 Å². The molecule has 7 nitrogen and oxygen atoms in total. The number of amides is 2. The number of rotatable bonds is 5. The first-order valence-corrected chi connectivity index (χ1v) is 12.0. The fraction of sp³-hybridized carbons (Fsp3) is 0.269. The molecule has 0 saturated carbocycles. The highest BCUT2D eigenvalue weighted by Crippen LogP contribution is 2.42. The molecule has 0 saturated heterocycles. The van der Waals surface area contributed by atoms with Crippen molar-refractivity contribution in [3.05, 3.63) is 80.7 Å². The smallest absolute Gasteiger partial charge is 0.395 e. The van der Waals surface area contributed by atoms with E-state index in [-0.39, 0.29) is 45.1 Å². The van der Waals surface area contributed by atoms with Crippen LogP contribution in [0.5, 0.6) is 5.75 Å². The van der Waals surface area contributed by atoms with E-state index in [0.29, 0.717) is 0 Å². The van der Waals surface area contributed by atoms with Crippen molar-refractivity contribution in [3.63, 3.8) is 0 Å². The van der Waals surface area contributed by atoms with Gasteiger partial charge in [0.05, 0.1) is 22.7 Å². The molecule has 2 amide bonds. The average Bonchev–Trinajstić information content (AvgIpc) is 2.83. The van der Waals surface area contributed by atoms with Crippen LogP contribution in [-0.4, -0.2) is 29.2 Å². The van der Waals surface area contributed by atoms with Crippen LogP contribution in [0, 0.1) is 17.6 Å². The molecule has 3 aromatic rings. The van der Waals surface area contributed by atoms with Gasteiger partial charge in [0.1, 0.15) is 30.0 Å². The first-order chi connectivity index (χ1) is 18.3. The highest BCUT2D eigenvalue weighted by atomic mass is 35.5. The molecule has 1 aliphatic rings. The molecule has 1 aliphatic heterocycles. The Kier molecular flexibility index (Phi) is 7.69. The van der Waals surface area contributed by atoms with Crippen LogP contribution in [0.1, 0.15) is 35.3 Å². The van der Waals surface area contributed by atoms with Crippen LogP contribution >= 0.6 is 11.6 Å². The summed E-state index contributed by atoms with van der Waals surface area (Å²) in [5.41, 5.74) is 3.48. The Morgan fingerprint density at radius 3 is 2.54 bits per heavy atom. The number of alkyl halides is 3. The molecule has 2 unspecified atom stereocenters. The number of halogens is 6. The van der Waals surface area contributed by atoms with Gasteiger partial charge in [-0.2, -0.15) is 13.2 Å². The van der Waals surface area contributed by atoms with Gasteiger partial charge in [0.25, 0.3) is 11.5 Å². The number of hydrogen-bond donors (Lipinski definition) is 2. The molecule has 0 aliphatic carbocycles. The Hall–Kier alpha value is -3.93. The lowest BCUT2D eigenvalue weighted by molar-refractivity contribution is -0.181. The number of nitrogens with two attached hydrogens (primary N) is 1. The number of benzene rings is 2. The van der Waals surface area contributed by atoms with E-state index in [2.05, 4.69) is 5.32 Å². The predicted molar refractivity (Wildman–Crippen MR) is 133 cm³/mol. The quantitative estimate of drug-likeness (QED) is 0.410. The summed E-state index contributed by atoms with van der Waals surface area (Å²) in [5.74, 6) is -5.98. The van der Waals surface area contributed by atoms with Crippen molar-refractivity contribution >= 4 is 29.1 Å². The SMILES string of the molecule is CCC(C(=O)Nc1ccc(C(N)=O)c(F)c1)n1cc2c(cc1=O)-c1c(ccc(Cl)c1F)CC(C(F)(F)F)CO2. The van der Waals surface area contributed by atoms with Gasteiger partial charge in [-0.3, -0.25) is 19.0 Å². The van der Waals surface area contributed by atoms with E-state index in [1.165, 1.54) is 12.1 Å². The normalized spacial score (nSPS) is 15.7. The number of pyridine rings is 1. The minimum Gasteiger partial charge on any atom is -0.491 e. The van der Waals surface area contributed by atoms with Gasteiger partial charge < -0.3 is 15.8 Å². The van der Waals surface area contributed by atoms with Crippen LogP contribution in [0.4, 0.5) is 27.6 Å². The molecule has 1 aromatic heterocycles. The largest absolute Gasteiger partial charge is 0.491 e. The third-order valence-corrected chi connectivity index (χ3v) is 6.68. The van der Waals surface area contributed by atoms with Crippen molar-refractivity contribution in [2.24, 2.45) is 11.7 Å². The zero-order valence-electron chi connectivity index (χ0n) is 20.2. The Labute approximate surface area is 223 Å². The number of nitrogens with zero attached hydrogens (tertiary/aromatic N) is 1. The molecule has 13 heteroatoms. The highest BCUT2D eigenvalue weighted by Gasteiger charge is 2.42. The monoisotopic (exact) mass is 569 g/mol. The van der Waals surface area contributed by atoms with Gasteiger partial charge in [-0.25, -0.2) is 8.78 Å². The molecule has 4 rings (SSSR count). The molecule has 0 radical (unpaired) electrons. The molecule has 0 fully saturated rings. The summed E-state index contributed by atoms with van der Waals surface area (Å²) in [6.45, 7) is 0.756. The van der Waals surface area contributed by atoms with E-state index < -0.39 is 60.2 Å². The van der Waals surface area contributed by atoms with Gasteiger partial charge in [-0.05, 0) is 42.7 Å². The fourth-order valence-corrected chi connectivity index (χ4v) is 4.54. The van der Waals surface area contributed by atoms with E-state index in [9.17, 15) is 31.9 Å². The summed E-state index contributed by atoms with van der Waals surface area (Å²) in [7, 11) is 0. The maximum Gasteiger partial charge on any atom is 0.395 e. The predicted octanol–water partition coefficient (Wildman–Crippen LogP) is 5.25. The zero-order chi connectivity index (χ0) is 28.6. The number of hydrogen-bond acceptors (Lipinski definition) is 4. The number of aromatic nitrogens is 1. The number of anilines is 1. The molecular formula is C26H21ClF5N3O4. The van der Waals surface area contributed by atoms with Crippen molar-refractivity contribution in [3.8, 4) is 16.9 Å². The molecular weight excluding hydrogens is 549 g/mol. The number of primary amides is 1. The number of nitrogens with one attached hydrogen (secondary N) is 1. The standard InChI is InChI=1S/C26H21ClF5N3O4/c1-2-19(25(38)34-14-4-5-15(24(33)37)18(28)8-14)35-10-20-16(9-21(35)36)22-12(3-6-17(27)23(22)29)7-13(11-39-20)26(30,31)32/h3-6,8-10,13,19H,2,7,11H2,1H3,(H2,33,37)(H,34,38). The number of carbonyl (C=O) groups excluding carboxylic acids is 2. The van der Waals surface area contributed by atoms with Gasteiger partial charge in [-0.1, -0.05) is 24.6 Å². The Bertz CT molecular complexity index is 1520. The lowest BCUT2D eigenvalue weighted by atomic mass is 9.90. The third kappa shape index (κ3) is 5.60. The van der Waals surface area contributed by atoms with E-state index in [0.717, 1.165) is 35.0 Å². The molecule has 0 spiro atoms. The molecule has 2 atom stereocenters. The lowest BCUT2D eigenvalue weighted by Gasteiger charge is -2.27. The molecule has 2 aromatic carbocycles. The van der Waals surface area contributed by atoms with Crippen molar-refractivity contribution in [2.75, 3.05) is 11.9 Å². The van der Waals surface area contributed by atoms with E-state index in [4.69, 9.17) is 22.1 Å².